The number of nitrogens with zero attached hydrogens (tertiary/aromatic N) is 1. The first-order valence-corrected chi connectivity index (χ1v) is 5.24. The normalized spacial score (nSPS) is 9.67. The lowest BCUT2D eigenvalue weighted by molar-refractivity contribution is 0.240. The molecule has 1 aromatic rings. The number of carbonyl (C=O) groups is 1. The molecule has 0 aliphatic rings. The zero-order valence-electron chi connectivity index (χ0n) is 8.99. The number of urea groups is 1. The summed E-state index contributed by atoms with van der Waals surface area (Å²) in [4.78, 5) is 15.3. The van der Waals surface area contributed by atoms with Gasteiger partial charge in [0.2, 0.25) is 0 Å². The highest BCUT2D eigenvalue weighted by molar-refractivity contribution is 5.73. The summed E-state index contributed by atoms with van der Waals surface area (Å²) in [5.74, 6) is 0. The zero-order chi connectivity index (χ0) is 10.9. The number of hydrogen-bond acceptors (Lipinski definition) is 2. The van der Waals surface area contributed by atoms with Gasteiger partial charge in [0.15, 0.2) is 0 Å². The fourth-order valence-electron chi connectivity index (χ4n) is 1.11. The molecule has 82 valence electrons. The van der Waals surface area contributed by atoms with Gasteiger partial charge in [-0.05, 0) is 18.6 Å². The van der Waals surface area contributed by atoms with Gasteiger partial charge in [-0.1, -0.05) is 19.4 Å². The molecule has 0 unspecified atom stereocenters. The van der Waals surface area contributed by atoms with Crippen LogP contribution < -0.4 is 10.6 Å². The smallest absolute Gasteiger partial charge is 0.315 e. The monoisotopic (exact) mass is 207 g/mol. The Morgan fingerprint density at radius 2 is 2.27 bits per heavy atom. The summed E-state index contributed by atoms with van der Waals surface area (Å²) in [7, 11) is 0. The molecule has 0 atom stereocenters. The zero-order valence-corrected chi connectivity index (χ0v) is 8.99. The second-order valence-electron chi connectivity index (χ2n) is 3.28. The minimum absolute atomic E-state index is 0.130. The molecule has 4 nitrogen and oxygen atoms in total. The lowest BCUT2D eigenvalue weighted by atomic mass is 10.3. The Bertz CT molecular complexity index is 287. The number of pyridine rings is 1. The molecule has 1 aromatic heterocycles. The molecule has 0 fully saturated rings. The fraction of sp³-hybridized carbons (Fsp3) is 0.455. The van der Waals surface area contributed by atoms with Gasteiger partial charge >= 0.3 is 6.03 Å². The SMILES string of the molecule is CCCCNC(=O)NCc1ccccn1. The highest BCUT2D eigenvalue weighted by atomic mass is 16.2. The largest absolute Gasteiger partial charge is 0.338 e. The van der Waals surface area contributed by atoms with Crippen molar-refractivity contribution in [3.05, 3.63) is 30.1 Å². The summed E-state index contributed by atoms with van der Waals surface area (Å²) in [6.07, 6.45) is 3.81. The van der Waals surface area contributed by atoms with Crippen molar-refractivity contribution < 1.29 is 4.79 Å². The molecular weight excluding hydrogens is 190 g/mol. The predicted octanol–water partition coefficient (Wildman–Crippen LogP) is 1.68. The van der Waals surface area contributed by atoms with Crippen molar-refractivity contribution >= 4 is 6.03 Å². The first kappa shape index (κ1) is 11.5. The number of aromatic nitrogens is 1. The second kappa shape index (κ2) is 6.81. The standard InChI is InChI=1S/C11H17N3O/c1-2-3-7-13-11(15)14-9-10-6-4-5-8-12-10/h4-6,8H,2-3,7,9H2,1H3,(H2,13,14,15). The van der Waals surface area contributed by atoms with Gasteiger partial charge in [-0.2, -0.15) is 0 Å². The third-order valence-corrected chi connectivity index (χ3v) is 1.97. The number of carbonyl (C=O) groups excluding carboxylic acids is 1. The Hall–Kier alpha value is -1.58. The van der Waals surface area contributed by atoms with Gasteiger partial charge < -0.3 is 10.6 Å². The summed E-state index contributed by atoms with van der Waals surface area (Å²) >= 11 is 0. The number of rotatable bonds is 5. The Morgan fingerprint density at radius 1 is 1.40 bits per heavy atom. The van der Waals surface area contributed by atoms with Crippen LogP contribution in [0.15, 0.2) is 24.4 Å². The van der Waals surface area contributed by atoms with Crippen molar-refractivity contribution in [2.75, 3.05) is 6.54 Å². The van der Waals surface area contributed by atoms with Gasteiger partial charge in [-0.25, -0.2) is 4.79 Å². The topological polar surface area (TPSA) is 54.0 Å². The second-order valence-corrected chi connectivity index (χ2v) is 3.28. The third-order valence-electron chi connectivity index (χ3n) is 1.97. The minimum Gasteiger partial charge on any atom is -0.338 e. The van der Waals surface area contributed by atoms with E-state index in [0.717, 1.165) is 25.1 Å². The molecular formula is C11H17N3O. The van der Waals surface area contributed by atoms with Crippen LogP contribution >= 0.6 is 0 Å². The summed E-state index contributed by atoms with van der Waals surface area (Å²) in [5, 5.41) is 5.52. The van der Waals surface area contributed by atoms with Gasteiger partial charge in [-0.15, -0.1) is 0 Å². The number of unbranched alkanes of at least 4 members (excludes halogenated alkanes) is 1. The molecule has 4 heteroatoms. The molecule has 15 heavy (non-hydrogen) atoms. The van der Waals surface area contributed by atoms with E-state index in [1.165, 1.54) is 0 Å². The van der Waals surface area contributed by atoms with Crippen LogP contribution in [0.1, 0.15) is 25.5 Å². The summed E-state index contributed by atoms with van der Waals surface area (Å²) in [6, 6.07) is 5.50. The molecule has 0 aliphatic carbocycles. The van der Waals surface area contributed by atoms with Crippen LogP contribution in [0.4, 0.5) is 4.79 Å². The van der Waals surface area contributed by atoms with Crippen molar-refractivity contribution in [1.29, 1.82) is 0 Å². The fourth-order valence-corrected chi connectivity index (χ4v) is 1.11. The minimum atomic E-state index is -0.130. The Labute approximate surface area is 90.1 Å². The first-order chi connectivity index (χ1) is 7.33. The maximum Gasteiger partial charge on any atom is 0.315 e. The lowest BCUT2D eigenvalue weighted by Gasteiger charge is -2.06. The van der Waals surface area contributed by atoms with Gasteiger partial charge in [0.1, 0.15) is 0 Å². The van der Waals surface area contributed by atoms with E-state index in [2.05, 4.69) is 22.5 Å². The molecule has 1 rings (SSSR count). The molecule has 0 saturated carbocycles. The Kier molecular flexibility index (Phi) is 5.22. The van der Waals surface area contributed by atoms with Crippen molar-refractivity contribution in [3.8, 4) is 0 Å². The van der Waals surface area contributed by atoms with E-state index in [1.807, 2.05) is 18.2 Å². The molecule has 0 spiro atoms. The van der Waals surface area contributed by atoms with E-state index in [4.69, 9.17) is 0 Å². The lowest BCUT2D eigenvalue weighted by Crippen LogP contribution is -2.35. The van der Waals surface area contributed by atoms with Crippen LogP contribution in [0.2, 0.25) is 0 Å². The van der Waals surface area contributed by atoms with Gasteiger partial charge in [-0.3, -0.25) is 4.98 Å². The van der Waals surface area contributed by atoms with E-state index in [9.17, 15) is 4.79 Å². The van der Waals surface area contributed by atoms with E-state index in [1.54, 1.807) is 6.20 Å². The number of amides is 2. The molecule has 0 aromatic carbocycles. The van der Waals surface area contributed by atoms with Crippen molar-refractivity contribution in [2.45, 2.75) is 26.3 Å². The van der Waals surface area contributed by atoms with Crippen molar-refractivity contribution in [1.82, 2.24) is 15.6 Å². The quantitative estimate of drug-likeness (QED) is 0.722. The maximum absolute atomic E-state index is 11.2. The number of nitrogens with one attached hydrogen (secondary N) is 2. The van der Waals surface area contributed by atoms with Gasteiger partial charge in [0, 0.05) is 12.7 Å². The highest BCUT2D eigenvalue weighted by Crippen LogP contribution is 1.91. The molecule has 0 radical (unpaired) electrons. The van der Waals surface area contributed by atoms with Crippen LogP contribution in [-0.2, 0) is 6.54 Å². The van der Waals surface area contributed by atoms with Crippen LogP contribution in [0.3, 0.4) is 0 Å². The molecule has 2 amide bonds. The van der Waals surface area contributed by atoms with Gasteiger partial charge in [0.05, 0.1) is 12.2 Å². The summed E-state index contributed by atoms with van der Waals surface area (Å²) < 4.78 is 0. The molecule has 1 heterocycles. The summed E-state index contributed by atoms with van der Waals surface area (Å²) in [6.45, 7) is 3.29. The van der Waals surface area contributed by atoms with E-state index in [0.29, 0.717) is 6.54 Å². The molecule has 0 aliphatic heterocycles. The van der Waals surface area contributed by atoms with Crippen LogP contribution in [0.25, 0.3) is 0 Å². The van der Waals surface area contributed by atoms with E-state index >= 15 is 0 Å². The Morgan fingerprint density at radius 3 is 2.93 bits per heavy atom. The van der Waals surface area contributed by atoms with E-state index in [-0.39, 0.29) is 6.03 Å². The predicted molar refractivity (Wildman–Crippen MR) is 59.4 cm³/mol. The van der Waals surface area contributed by atoms with Crippen LogP contribution in [-0.4, -0.2) is 17.6 Å². The van der Waals surface area contributed by atoms with Crippen molar-refractivity contribution in [2.24, 2.45) is 0 Å². The van der Waals surface area contributed by atoms with Crippen LogP contribution in [0, 0.1) is 0 Å². The molecule has 0 saturated heterocycles. The maximum atomic E-state index is 11.2. The average Bonchev–Trinajstić information content (AvgIpc) is 2.28. The molecule has 2 N–H and O–H groups in total. The number of hydrogen-bond donors (Lipinski definition) is 2. The first-order valence-electron chi connectivity index (χ1n) is 5.24. The molecule has 0 bridgehead atoms. The average molecular weight is 207 g/mol. The van der Waals surface area contributed by atoms with Crippen molar-refractivity contribution in [3.63, 3.8) is 0 Å². The van der Waals surface area contributed by atoms with E-state index < -0.39 is 0 Å². The Balaban J connectivity index is 2.17. The van der Waals surface area contributed by atoms with Crippen LogP contribution in [0.5, 0.6) is 0 Å². The van der Waals surface area contributed by atoms with Gasteiger partial charge in [0.25, 0.3) is 0 Å². The highest BCUT2D eigenvalue weighted by Gasteiger charge is 1.98. The summed E-state index contributed by atoms with van der Waals surface area (Å²) in [5.41, 5.74) is 0.864. The third kappa shape index (κ3) is 5.00.